The third kappa shape index (κ3) is 6.86. The molecule has 0 aliphatic carbocycles. The van der Waals surface area contributed by atoms with Crippen molar-refractivity contribution in [1.82, 2.24) is 14.7 Å². The van der Waals surface area contributed by atoms with Gasteiger partial charge in [-0.05, 0) is 19.7 Å². The lowest BCUT2D eigenvalue weighted by atomic mass is 10.0. The van der Waals surface area contributed by atoms with E-state index in [0.29, 0.717) is 17.9 Å². The fourth-order valence-electron chi connectivity index (χ4n) is 2.89. The Morgan fingerprint density at radius 2 is 1.72 bits per heavy atom. The third-order valence-electron chi connectivity index (χ3n) is 4.51. The largest absolute Gasteiger partial charge is 0.412 e. The van der Waals surface area contributed by atoms with Crippen LogP contribution in [0.4, 0.5) is 0 Å². The number of hydrogen-bond acceptors (Lipinski definition) is 4. The van der Waals surface area contributed by atoms with Crippen molar-refractivity contribution in [3.63, 3.8) is 0 Å². The van der Waals surface area contributed by atoms with E-state index in [1.165, 1.54) is 5.56 Å². The monoisotopic (exact) mass is 369 g/mol. The summed E-state index contributed by atoms with van der Waals surface area (Å²) < 4.78 is 11.7. The van der Waals surface area contributed by atoms with E-state index in [-0.39, 0.29) is 17.4 Å². The van der Waals surface area contributed by atoms with E-state index in [2.05, 4.69) is 21.9 Å². The molecule has 1 aliphatic heterocycles. The van der Waals surface area contributed by atoms with Crippen molar-refractivity contribution in [3.8, 4) is 0 Å². The molecule has 0 radical (unpaired) electrons. The maximum absolute atomic E-state index is 12.7. The van der Waals surface area contributed by atoms with Gasteiger partial charge in [-0.25, -0.2) is 0 Å². The van der Waals surface area contributed by atoms with Crippen LogP contribution in [0.5, 0.6) is 0 Å². The van der Waals surface area contributed by atoms with Gasteiger partial charge in [-0.1, -0.05) is 30.3 Å². The summed E-state index contributed by atoms with van der Waals surface area (Å²) in [5.74, 6) is 1.57. The van der Waals surface area contributed by atoms with Crippen LogP contribution in [-0.4, -0.2) is 89.1 Å². The molecule has 0 saturated carbocycles. The molecular formula is C18H31N3O3S. The third-order valence-corrected chi connectivity index (χ3v) is 5.79. The summed E-state index contributed by atoms with van der Waals surface area (Å²) in [6, 6.07) is 10.3. The van der Waals surface area contributed by atoms with Crippen molar-refractivity contribution in [2.75, 3.05) is 58.8 Å². The number of likely N-dealkylation sites (N-methyl/N-ethyl adjacent to an activating group) is 2. The zero-order chi connectivity index (χ0) is 17.5. The Hall–Kier alpha value is -1.28. The lowest BCUT2D eigenvalue weighted by Crippen LogP contribution is -2.42. The smallest absolute Gasteiger partial charge is 0.224 e. The van der Waals surface area contributed by atoms with Crippen LogP contribution in [0, 0.1) is 0 Å². The minimum Gasteiger partial charge on any atom is -0.412 e. The molecular weight excluding hydrogens is 338 g/mol. The molecule has 25 heavy (non-hydrogen) atoms. The van der Waals surface area contributed by atoms with Crippen molar-refractivity contribution in [1.29, 1.82) is 0 Å². The molecule has 1 fully saturated rings. The Balaban J connectivity index is 0.00000312. The molecule has 1 saturated heterocycles. The molecule has 1 aromatic rings. The quantitative estimate of drug-likeness (QED) is 0.696. The molecule has 0 aromatic heterocycles. The van der Waals surface area contributed by atoms with E-state index in [4.69, 9.17) is 0 Å². The molecule has 1 heterocycles. The van der Waals surface area contributed by atoms with Gasteiger partial charge in [0.25, 0.3) is 0 Å². The molecule has 1 aromatic carbocycles. The Bertz CT molecular complexity index is 544. The second-order valence-corrected chi connectivity index (χ2v) is 8.33. The van der Waals surface area contributed by atoms with Gasteiger partial charge >= 0.3 is 0 Å². The van der Waals surface area contributed by atoms with Crippen molar-refractivity contribution in [2.45, 2.75) is 12.5 Å². The Labute approximate surface area is 153 Å². The average Bonchev–Trinajstić information content (AvgIpc) is 2.59. The molecule has 0 bridgehead atoms. The van der Waals surface area contributed by atoms with Crippen LogP contribution in [0.2, 0.25) is 0 Å². The summed E-state index contributed by atoms with van der Waals surface area (Å²) in [4.78, 5) is 18.9. The highest BCUT2D eigenvalue weighted by Crippen LogP contribution is 2.26. The highest BCUT2D eigenvalue weighted by atomic mass is 32.2. The molecule has 2 rings (SSSR count). The van der Waals surface area contributed by atoms with Crippen LogP contribution >= 0.6 is 0 Å². The molecule has 1 aliphatic rings. The van der Waals surface area contributed by atoms with Crippen LogP contribution in [0.15, 0.2) is 30.3 Å². The zero-order valence-corrected chi connectivity index (χ0v) is 16.3. The predicted molar refractivity (Wildman–Crippen MR) is 103 cm³/mol. The van der Waals surface area contributed by atoms with Crippen molar-refractivity contribution >= 4 is 16.7 Å². The van der Waals surface area contributed by atoms with Crippen LogP contribution in [-0.2, 0) is 15.6 Å². The number of benzene rings is 1. The summed E-state index contributed by atoms with van der Waals surface area (Å²) in [5.41, 5.74) is 1.17. The summed E-state index contributed by atoms with van der Waals surface area (Å²) >= 11 is 0. The molecule has 2 N–H and O–H groups in total. The highest BCUT2D eigenvalue weighted by Gasteiger charge is 2.27. The van der Waals surface area contributed by atoms with Crippen molar-refractivity contribution in [2.24, 2.45) is 0 Å². The minimum absolute atomic E-state index is 0. The van der Waals surface area contributed by atoms with Crippen molar-refractivity contribution in [3.05, 3.63) is 35.9 Å². The van der Waals surface area contributed by atoms with Gasteiger partial charge in [0.1, 0.15) is 0 Å². The first kappa shape index (κ1) is 21.8. The second kappa shape index (κ2) is 10.7. The first-order valence-corrected chi connectivity index (χ1v) is 9.99. The molecule has 6 nitrogen and oxygen atoms in total. The maximum Gasteiger partial charge on any atom is 0.224 e. The Morgan fingerprint density at radius 1 is 1.12 bits per heavy atom. The summed E-state index contributed by atoms with van der Waals surface area (Å²) in [7, 11) is 5.19. The van der Waals surface area contributed by atoms with Gasteiger partial charge < -0.3 is 15.3 Å². The number of carbonyl (C=O) groups excluding carboxylic acids is 1. The minimum atomic E-state index is -0.706. The fraction of sp³-hybridized carbons (Fsp3) is 0.611. The Kier molecular flexibility index (Phi) is 9.27. The summed E-state index contributed by atoms with van der Waals surface area (Å²) in [6.45, 7) is 3.18. The van der Waals surface area contributed by atoms with Crippen LogP contribution in [0.25, 0.3) is 0 Å². The molecule has 1 amide bonds. The standard InChI is InChI=1S/C18H29N3O2S.H2O/c1-19(2)9-10-20(3)18(22)15-17(16-7-5-4-6-8-16)21-11-13-24(23)14-12-21;/h4-8,17H,9-15H2,1-3H3;1H2. The number of hydrogen-bond donors (Lipinski definition) is 0. The molecule has 142 valence electrons. The van der Waals surface area contributed by atoms with E-state index in [1.807, 2.05) is 44.2 Å². The van der Waals surface area contributed by atoms with Gasteiger partial charge in [0.05, 0.1) is 0 Å². The maximum atomic E-state index is 12.7. The second-order valence-electron chi connectivity index (χ2n) is 6.63. The zero-order valence-electron chi connectivity index (χ0n) is 15.5. The van der Waals surface area contributed by atoms with E-state index < -0.39 is 10.8 Å². The number of rotatable bonds is 7. The average molecular weight is 370 g/mol. The molecule has 1 unspecified atom stereocenters. The van der Waals surface area contributed by atoms with Crippen molar-refractivity contribution < 1.29 is 14.5 Å². The molecule has 7 heteroatoms. The Morgan fingerprint density at radius 3 is 2.28 bits per heavy atom. The fourth-order valence-corrected chi connectivity index (χ4v) is 3.97. The molecule has 0 spiro atoms. The van der Waals surface area contributed by atoms with E-state index in [9.17, 15) is 9.00 Å². The van der Waals surface area contributed by atoms with Gasteiger partial charge in [0.15, 0.2) is 0 Å². The lowest BCUT2D eigenvalue weighted by Gasteiger charge is -2.35. The van der Waals surface area contributed by atoms with E-state index in [0.717, 1.165) is 26.2 Å². The van der Waals surface area contributed by atoms with Gasteiger partial charge in [-0.2, -0.15) is 0 Å². The normalized spacial score (nSPS) is 17.1. The van der Waals surface area contributed by atoms with E-state index in [1.54, 1.807) is 0 Å². The highest BCUT2D eigenvalue weighted by molar-refractivity contribution is 7.85. The lowest BCUT2D eigenvalue weighted by molar-refractivity contribution is -0.131. The number of nitrogens with zero attached hydrogens (tertiary/aromatic N) is 3. The number of amides is 1. The van der Waals surface area contributed by atoms with Crippen LogP contribution in [0.1, 0.15) is 18.0 Å². The predicted octanol–water partition coefficient (Wildman–Crippen LogP) is 0.377. The van der Waals surface area contributed by atoms with Gasteiger partial charge in [0, 0.05) is 68.0 Å². The van der Waals surface area contributed by atoms with Gasteiger partial charge in [-0.15, -0.1) is 0 Å². The topological polar surface area (TPSA) is 75.4 Å². The van der Waals surface area contributed by atoms with Gasteiger partial charge in [-0.3, -0.25) is 13.9 Å². The summed E-state index contributed by atoms with van der Waals surface area (Å²) in [5, 5.41) is 0. The van der Waals surface area contributed by atoms with Crippen LogP contribution < -0.4 is 0 Å². The SMILES string of the molecule is CN(C)CCN(C)C(=O)CC(c1ccccc1)N1CCS(=O)CC1.O. The first-order valence-electron chi connectivity index (χ1n) is 8.50. The number of carbonyl (C=O) groups is 1. The summed E-state index contributed by atoms with van der Waals surface area (Å²) in [6.07, 6.45) is 0.473. The molecule has 1 atom stereocenters. The van der Waals surface area contributed by atoms with E-state index >= 15 is 0 Å². The van der Waals surface area contributed by atoms with Crippen LogP contribution in [0.3, 0.4) is 0 Å². The van der Waals surface area contributed by atoms with Gasteiger partial charge in [0.2, 0.25) is 5.91 Å². The first-order chi connectivity index (χ1) is 11.5.